The zero-order valence-corrected chi connectivity index (χ0v) is 13.3. The Morgan fingerprint density at radius 2 is 2.14 bits per heavy atom. The van der Waals surface area contributed by atoms with Crippen LogP contribution in [0, 0.1) is 5.92 Å². The van der Waals surface area contributed by atoms with Crippen molar-refractivity contribution >= 4 is 17.3 Å². The van der Waals surface area contributed by atoms with Crippen LogP contribution in [0.1, 0.15) is 13.8 Å². The lowest BCUT2D eigenvalue weighted by Crippen LogP contribution is -2.42. The molecule has 5 heteroatoms. The Labute approximate surface area is 127 Å². The molecule has 0 spiro atoms. The first-order valence-corrected chi connectivity index (χ1v) is 7.45. The maximum atomic E-state index is 12.4. The molecule has 0 aliphatic carbocycles. The van der Waals surface area contributed by atoms with Gasteiger partial charge >= 0.3 is 0 Å². The van der Waals surface area contributed by atoms with Crippen LogP contribution in [0.2, 0.25) is 0 Å². The monoisotopic (exact) mass is 290 g/mol. The van der Waals surface area contributed by atoms with E-state index in [1.165, 1.54) is 0 Å². The number of rotatable bonds is 4. The number of anilines is 2. The van der Waals surface area contributed by atoms with Gasteiger partial charge in [-0.1, -0.05) is 13.0 Å². The Morgan fingerprint density at radius 3 is 2.71 bits per heavy atom. The molecular formula is C16H26N4O. The highest BCUT2D eigenvalue weighted by Crippen LogP contribution is 2.22. The van der Waals surface area contributed by atoms with E-state index in [4.69, 9.17) is 5.73 Å². The fraction of sp³-hybridized carbons (Fsp3) is 0.562. The summed E-state index contributed by atoms with van der Waals surface area (Å²) in [7, 11) is 4.20. The van der Waals surface area contributed by atoms with Crippen molar-refractivity contribution in [3.8, 4) is 0 Å². The van der Waals surface area contributed by atoms with E-state index < -0.39 is 0 Å². The van der Waals surface area contributed by atoms with Crippen molar-refractivity contribution in [1.29, 1.82) is 0 Å². The number of carbonyl (C=O) groups excluding carboxylic acids is 1. The zero-order chi connectivity index (χ0) is 15.6. The highest BCUT2D eigenvalue weighted by molar-refractivity contribution is 5.94. The van der Waals surface area contributed by atoms with Crippen LogP contribution in [0.25, 0.3) is 0 Å². The number of likely N-dealkylation sites (tertiary alicyclic amines) is 1. The molecule has 3 atom stereocenters. The first-order chi connectivity index (χ1) is 9.88. The Hall–Kier alpha value is -1.59. The second-order valence-electron chi connectivity index (χ2n) is 6.25. The van der Waals surface area contributed by atoms with Gasteiger partial charge in [-0.25, -0.2) is 0 Å². The molecule has 1 fully saturated rings. The number of benzene rings is 1. The fourth-order valence-electron chi connectivity index (χ4n) is 3.00. The second kappa shape index (κ2) is 6.45. The lowest BCUT2D eigenvalue weighted by molar-refractivity contribution is -0.120. The smallest absolute Gasteiger partial charge is 0.241 e. The SMILES string of the molecule is CC1CN(C(C)C(=O)Nc2cccc(N)c2)CC1N(C)C. The number of amides is 1. The Balaban J connectivity index is 1.97. The van der Waals surface area contributed by atoms with Gasteiger partial charge in [0.2, 0.25) is 5.91 Å². The summed E-state index contributed by atoms with van der Waals surface area (Å²) in [4.78, 5) is 16.9. The minimum absolute atomic E-state index is 0.0206. The number of nitrogens with one attached hydrogen (secondary N) is 1. The molecule has 1 aromatic carbocycles. The van der Waals surface area contributed by atoms with Crippen LogP contribution in [-0.4, -0.2) is 55.0 Å². The van der Waals surface area contributed by atoms with Gasteiger partial charge in [0.15, 0.2) is 0 Å². The summed E-state index contributed by atoms with van der Waals surface area (Å²) < 4.78 is 0. The quantitative estimate of drug-likeness (QED) is 0.825. The summed E-state index contributed by atoms with van der Waals surface area (Å²) >= 11 is 0. The van der Waals surface area contributed by atoms with E-state index in [0.717, 1.165) is 18.8 Å². The molecule has 1 heterocycles. The lowest BCUT2D eigenvalue weighted by atomic mass is 10.1. The zero-order valence-electron chi connectivity index (χ0n) is 13.3. The summed E-state index contributed by atoms with van der Waals surface area (Å²) in [6.45, 7) is 6.09. The number of nitrogens with two attached hydrogens (primary N) is 1. The molecule has 5 nitrogen and oxygen atoms in total. The molecular weight excluding hydrogens is 264 g/mol. The molecule has 0 radical (unpaired) electrons. The molecule has 3 N–H and O–H groups in total. The molecule has 21 heavy (non-hydrogen) atoms. The number of hydrogen-bond acceptors (Lipinski definition) is 4. The molecule has 3 unspecified atom stereocenters. The molecule has 0 aromatic heterocycles. The van der Waals surface area contributed by atoms with Crippen LogP contribution in [0.3, 0.4) is 0 Å². The lowest BCUT2D eigenvalue weighted by Gasteiger charge is -2.25. The van der Waals surface area contributed by atoms with Crippen molar-refractivity contribution in [2.45, 2.75) is 25.9 Å². The van der Waals surface area contributed by atoms with E-state index in [2.05, 4.69) is 36.1 Å². The second-order valence-corrected chi connectivity index (χ2v) is 6.25. The minimum Gasteiger partial charge on any atom is -0.399 e. The Bertz CT molecular complexity index is 503. The van der Waals surface area contributed by atoms with Crippen molar-refractivity contribution in [3.05, 3.63) is 24.3 Å². The van der Waals surface area contributed by atoms with Crippen molar-refractivity contribution in [1.82, 2.24) is 9.80 Å². The largest absolute Gasteiger partial charge is 0.399 e. The highest BCUT2D eigenvalue weighted by atomic mass is 16.2. The van der Waals surface area contributed by atoms with Gasteiger partial charge in [0.25, 0.3) is 0 Å². The summed E-state index contributed by atoms with van der Waals surface area (Å²) in [5.74, 6) is 0.592. The molecule has 1 saturated heterocycles. The average molecular weight is 290 g/mol. The Morgan fingerprint density at radius 1 is 1.43 bits per heavy atom. The Kier molecular flexibility index (Phi) is 4.85. The summed E-state index contributed by atoms with van der Waals surface area (Å²) in [5, 5.41) is 2.94. The molecule has 1 aliphatic rings. The van der Waals surface area contributed by atoms with Crippen LogP contribution in [0.5, 0.6) is 0 Å². The van der Waals surface area contributed by atoms with E-state index in [0.29, 0.717) is 17.6 Å². The van der Waals surface area contributed by atoms with E-state index >= 15 is 0 Å². The number of nitrogens with zero attached hydrogens (tertiary/aromatic N) is 2. The maximum Gasteiger partial charge on any atom is 0.241 e. The average Bonchev–Trinajstić information content (AvgIpc) is 2.80. The van der Waals surface area contributed by atoms with Crippen molar-refractivity contribution in [3.63, 3.8) is 0 Å². The summed E-state index contributed by atoms with van der Waals surface area (Å²) in [5.41, 5.74) is 7.14. The van der Waals surface area contributed by atoms with Crippen LogP contribution < -0.4 is 11.1 Å². The standard InChI is InChI=1S/C16H26N4O/c1-11-9-20(10-15(11)19(3)4)12(2)16(21)18-14-7-5-6-13(17)8-14/h5-8,11-12,15H,9-10,17H2,1-4H3,(H,18,21). The molecule has 2 rings (SSSR count). The minimum atomic E-state index is -0.140. The van der Waals surface area contributed by atoms with Gasteiger partial charge < -0.3 is 16.0 Å². The maximum absolute atomic E-state index is 12.4. The van der Waals surface area contributed by atoms with Gasteiger partial charge in [0.05, 0.1) is 6.04 Å². The van der Waals surface area contributed by atoms with Gasteiger partial charge in [0.1, 0.15) is 0 Å². The van der Waals surface area contributed by atoms with E-state index in [1.807, 2.05) is 25.1 Å². The van der Waals surface area contributed by atoms with E-state index in [1.54, 1.807) is 6.07 Å². The van der Waals surface area contributed by atoms with Crippen LogP contribution in [0.4, 0.5) is 11.4 Å². The van der Waals surface area contributed by atoms with Crippen molar-refractivity contribution in [2.75, 3.05) is 38.2 Å². The molecule has 116 valence electrons. The number of nitrogen functional groups attached to an aromatic ring is 1. The normalized spacial score (nSPS) is 24.2. The predicted octanol–water partition coefficient (Wildman–Crippen LogP) is 1.48. The van der Waals surface area contributed by atoms with Gasteiger partial charge in [-0.15, -0.1) is 0 Å². The number of hydrogen-bond donors (Lipinski definition) is 2. The summed E-state index contributed by atoms with van der Waals surface area (Å²) in [6, 6.07) is 7.65. The van der Waals surface area contributed by atoms with E-state index in [-0.39, 0.29) is 11.9 Å². The molecule has 1 aliphatic heterocycles. The van der Waals surface area contributed by atoms with Gasteiger partial charge in [-0.3, -0.25) is 9.69 Å². The van der Waals surface area contributed by atoms with Gasteiger partial charge in [-0.05, 0) is 45.1 Å². The first-order valence-electron chi connectivity index (χ1n) is 7.45. The molecule has 0 saturated carbocycles. The molecule has 0 bridgehead atoms. The van der Waals surface area contributed by atoms with Crippen molar-refractivity contribution in [2.24, 2.45) is 5.92 Å². The van der Waals surface area contributed by atoms with Crippen molar-refractivity contribution < 1.29 is 4.79 Å². The van der Waals surface area contributed by atoms with Crippen LogP contribution in [0.15, 0.2) is 24.3 Å². The summed E-state index contributed by atoms with van der Waals surface area (Å²) in [6.07, 6.45) is 0. The topological polar surface area (TPSA) is 61.6 Å². The first kappa shape index (κ1) is 15.8. The fourth-order valence-corrected chi connectivity index (χ4v) is 3.00. The third-order valence-corrected chi connectivity index (χ3v) is 4.35. The number of carbonyl (C=O) groups is 1. The van der Waals surface area contributed by atoms with E-state index in [9.17, 15) is 4.79 Å². The predicted molar refractivity (Wildman–Crippen MR) is 87.2 cm³/mol. The number of likely N-dealkylation sites (N-methyl/N-ethyl adjacent to an activating group) is 1. The third-order valence-electron chi connectivity index (χ3n) is 4.35. The van der Waals surface area contributed by atoms with Crippen LogP contribution in [-0.2, 0) is 4.79 Å². The van der Waals surface area contributed by atoms with Gasteiger partial charge in [-0.2, -0.15) is 0 Å². The molecule has 1 aromatic rings. The van der Waals surface area contributed by atoms with Crippen LogP contribution >= 0.6 is 0 Å². The third kappa shape index (κ3) is 3.74. The van der Waals surface area contributed by atoms with Gasteiger partial charge in [0, 0.05) is 30.5 Å². The highest BCUT2D eigenvalue weighted by Gasteiger charge is 2.35. The molecule has 1 amide bonds.